The molecule has 1 aliphatic rings. The van der Waals surface area contributed by atoms with Crippen LogP contribution in [0.1, 0.15) is 36.5 Å². The lowest BCUT2D eigenvalue weighted by Crippen LogP contribution is -2.31. The Morgan fingerprint density at radius 2 is 2.09 bits per heavy atom. The molecule has 0 unspecified atom stereocenters. The highest BCUT2D eigenvalue weighted by atomic mass is 35.5. The van der Waals surface area contributed by atoms with E-state index in [9.17, 15) is 4.79 Å². The molecule has 4 nitrogen and oxygen atoms in total. The lowest BCUT2D eigenvalue weighted by atomic mass is 10.0. The topological polar surface area (TPSA) is 42.4 Å². The zero-order chi connectivity index (χ0) is 15.5. The Kier molecular flexibility index (Phi) is 4.48. The predicted octanol–water partition coefficient (Wildman–Crippen LogP) is 4.06. The Hall–Kier alpha value is -1.81. The first-order valence-electron chi connectivity index (χ1n) is 7.71. The third kappa shape index (κ3) is 2.75. The molecular formula is C17H19ClN2O2. The summed E-state index contributed by atoms with van der Waals surface area (Å²) in [7, 11) is 0. The standard InChI is InChI=1S/C17H19ClN2O2/c1-2-22-17(21)13-11-19-15-12(7-6-8-14(15)18)16(13)20-9-4-3-5-10-20/h6-8,11H,2-5,9-10H2,1H3. The van der Waals surface area contributed by atoms with E-state index in [-0.39, 0.29) is 5.97 Å². The summed E-state index contributed by atoms with van der Waals surface area (Å²) < 4.78 is 5.20. The summed E-state index contributed by atoms with van der Waals surface area (Å²) in [4.78, 5) is 19.0. The van der Waals surface area contributed by atoms with Crippen molar-refractivity contribution in [3.05, 3.63) is 35.0 Å². The number of benzene rings is 1. The van der Waals surface area contributed by atoms with Gasteiger partial charge in [-0.3, -0.25) is 4.98 Å². The first-order valence-corrected chi connectivity index (χ1v) is 8.09. The van der Waals surface area contributed by atoms with E-state index >= 15 is 0 Å². The summed E-state index contributed by atoms with van der Waals surface area (Å²) in [5.41, 5.74) is 2.17. The minimum Gasteiger partial charge on any atom is -0.462 e. The summed E-state index contributed by atoms with van der Waals surface area (Å²) in [6.07, 6.45) is 5.09. The second-order valence-corrected chi connectivity index (χ2v) is 5.83. The van der Waals surface area contributed by atoms with E-state index in [0.717, 1.165) is 42.5 Å². The van der Waals surface area contributed by atoms with Crippen LogP contribution in [-0.2, 0) is 4.74 Å². The lowest BCUT2D eigenvalue weighted by molar-refractivity contribution is 0.0526. The predicted molar refractivity (Wildman–Crippen MR) is 88.8 cm³/mol. The maximum Gasteiger partial charge on any atom is 0.341 e. The molecule has 1 fully saturated rings. The van der Waals surface area contributed by atoms with Gasteiger partial charge in [-0.2, -0.15) is 0 Å². The molecule has 3 rings (SSSR count). The second-order valence-electron chi connectivity index (χ2n) is 5.42. The van der Waals surface area contributed by atoms with Crippen LogP contribution in [0.5, 0.6) is 0 Å². The Labute approximate surface area is 135 Å². The number of hydrogen-bond acceptors (Lipinski definition) is 4. The monoisotopic (exact) mass is 318 g/mol. The van der Waals surface area contributed by atoms with Crippen LogP contribution in [0.25, 0.3) is 10.9 Å². The van der Waals surface area contributed by atoms with E-state index < -0.39 is 0 Å². The van der Waals surface area contributed by atoms with Crippen LogP contribution < -0.4 is 4.90 Å². The first-order chi connectivity index (χ1) is 10.7. The number of anilines is 1. The molecule has 0 bridgehead atoms. The van der Waals surface area contributed by atoms with Gasteiger partial charge in [0.1, 0.15) is 5.56 Å². The second kappa shape index (κ2) is 6.53. The number of carbonyl (C=O) groups is 1. The van der Waals surface area contributed by atoms with Gasteiger partial charge in [0.2, 0.25) is 0 Å². The van der Waals surface area contributed by atoms with Gasteiger partial charge in [-0.15, -0.1) is 0 Å². The number of para-hydroxylation sites is 1. The quantitative estimate of drug-likeness (QED) is 0.801. The zero-order valence-electron chi connectivity index (χ0n) is 12.6. The normalized spacial score (nSPS) is 15.1. The molecule has 1 aliphatic heterocycles. The lowest BCUT2D eigenvalue weighted by Gasteiger charge is -2.31. The number of pyridine rings is 1. The molecule has 0 spiro atoms. The van der Waals surface area contributed by atoms with Crippen molar-refractivity contribution in [3.8, 4) is 0 Å². The van der Waals surface area contributed by atoms with Crippen LogP contribution in [0, 0.1) is 0 Å². The smallest absolute Gasteiger partial charge is 0.341 e. The van der Waals surface area contributed by atoms with Crippen molar-refractivity contribution in [2.75, 3.05) is 24.6 Å². The molecule has 0 saturated carbocycles. The Bertz CT molecular complexity index is 696. The molecule has 0 amide bonds. The molecule has 1 saturated heterocycles. The molecule has 0 radical (unpaired) electrons. The van der Waals surface area contributed by atoms with Gasteiger partial charge in [-0.25, -0.2) is 4.79 Å². The Morgan fingerprint density at radius 3 is 2.82 bits per heavy atom. The van der Waals surface area contributed by atoms with E-state index in [1.54, 1.807) is 6.20 Å². The van der Waals surface area contributed by atoms with Crippen LogP contribution in [0.4, 0.5) is 5.69 Å². The minimum absolute atomic E-state index is 0.322. The van der Waals surface area contributed by atoms with Gasteiger partial charge in [0.15, 0.2) is 0 Å². The number of fused-ring (bicyclic) bond motifs is 1. The molecule has 2 heterocycles. The number of aromatic nitrogens is 1. The van der Waals surface area contributed by atoms with Gasteiger partial charge < -0.3 is 9.64 Å². The molecule has 0 N–H and O–H groups in total. The highest BCUT2D eigenvalue weighted by molar-refractivity contribution is 6.35. The van der Waals surface area contributed by atoms with Crippen LogP contribution in [0.3, 0.4) is 0 Å². The van der Waals surface area contributed by atoms with Crippen molar-refractivity contribution in [2.45, 2.75) is 26.2 Å². The molecule has 5 heteroatoms. The first kappa shape index (κ1) is 15.1. The average molecular weight is 319 g/mol. The third-order valence-electron chi connectivity index (χ3n) is 3.99. The summed E-state index contributed by atoms with van der Waals surface area (Å²) in [5, 5.41) is 1.52. The number of rotatable bonds is 3. The van der Waals surface area contributed by atoms with Crippen LogP contribution in [-0.4, -0.2) is 30.6 Å². The number of ether oxygens (including phenoxy) is 1. The maximum absolute atomic E-state index is 12.3. The van der Waals surface area contributed by atoms with E-state index in [1.807, 2.05) is 25.1 Å². The van der Waals surface area contributed by atoms with Gasteiger partial charge >= 0.3 is 5.97 Å². The fraction of sp³-hybridized carbons (Fsp3) is 0.412. The molecule has 116 valence electrons. The van der Waals surface area contributed by atoms with E-state index in [0.29, 0.717) is 17.2 Å². The van der Waals surface area contributed by atoms with Crippen molar-refractivity contribution in [3.63, 3.8) is 0 Å². The van der Waals surface area contributed by atoms with Gasteiger partial charge in [0, 0.05) is 24.7 Å². The highest BCUT2D eigenvalue weighted by Gasteiger charge is 2.23. The van der Waals surface area contributed by atoms with E-state index in [4.69, 9.17) is 16.3 Å². The summed E-state index contributed by atoms with van der Waals surface area (Å²) in [5.74, 6) is -0.322. The Balaban J connectivity index is 2.19. The minimum atomic E-state index is -0.322. The molecule has 0 aliphatic carbocycles. The maximum atomic E-state index is 12.3. The van der Waals surface area contributed by atoms with Crippen molar-refractivity contribution < 1.29 is 9.53 Å². The van der Waals surface area contributed by atoms with Crippen LogP contribution >= 0.6 is 11.6 Å². The van der Waals surface area contributed by atoms with Crippen LogP contribution in [0.2, 0.25) is 5.02 Å². The SMILES string of the molecule is CCOC(=O)c1cnc2c(Cl)cccc2c1N1CCCCC1. The average Bonchev–Trinajstić information content (AvgIpc) is 2.55. The fourth-order valence-corrected chi connectivity index (χ4v) is 3.21. The Morgan fingerprint density at radius 1 is 1.32 bits per heavy atom. The van der Waals surface area contributed by atoms with E-state index in [1.165, 1.54) is 6.42 Å². The number of esters is 1. The molecule has 1 aromatic carbocycles. The molecule has 1 aromatic heterocycles. The van der Waals surface area contributed by atoms with Gasteiger partial charge in [-0.1, -0.05) is 23.7 Å². The van der Waals surface area contributed by atoms with Gasteiger partial charge in [0.05, 0.1) is 22.8 Å². The van der Waals surface area contributed by atoms with Crippen molar-refractivity contribution in [1.82, 2.24) is 4.98 Å². The van der Waals surface area contributed by atoms with Crippen LogP contribution in [0.15, 0.2) is 24.4 Å². The number of piperidine rings is 1. The van der Waals surface area contributed by atoms with Crippen molar-refractivity contribution >= 4 is 34.2 Å². The third-order valence-corrected chi connectivity index (χ3v) is 4.29. The molecular weight excluding hydrogens is 300 g/mol. The fourth-order valence-electron chi connectivity index (χ4n) is 2.99. The summed E-state index contributed by atoms with van der Waals surface area (Å²) in [6, 6.07) is 5.69. The van der Waals surface area contributed by atoms with Gasteiger partial charge in [0.25, 0.3) is 0 Å². The number of carbonyl (C=O) groups excluding carboxylic acids is 1. The highest BCUT2D eigenvalue weighted by Crippen LogP contribution is 2.34. The van der Waals surface area contributed by atoms with Gasteiger partial charge in [-0.05, 0) is 32.3 Å². The van der Waals surface area contributed by atoms with Crippen molar-refractivity contribution in [1.29, 1.82) is 0 Å². The number of nitrogens with zero attached hydrogens (tertiary/aromatic N) is 2. The summed E-state index contributed by atoms with van der Waals surface area (Å²) >= 11 is 6.26. The largest absolute Gasteiger partial charge is 0.462 e. The number of halogens is 1. The van der Waals surface area contributed by atoms with E-state index in [2.05, 4.69) is 9.88 Å². The molecule has 22 heavy (non-hydrogen) atoms. The summed E-state index contributed by atoms with van der Waals surface area (Å²) in [6.45, 7) is 4.05. The van der Waals surface area contributed by atoms with Crippen molar-refractivity contribution in [2.24, 2.45) is 0 Å². The zero-order valence-corrected chi connectivity index (χ0v) is 13.4. The number of hydrogen-bond donors (Lipinski definition) is 0. The molecule has 0 atom stereocenters. The molecule has 2 aromatic rings.